The SMILES string of the molecule is CCn1ncc2c(-c3cncc(C)c3)c(CO)c(CC(C)(C)C)nc21. The van der Waals surface area contributed by atoms with Crippen molar-refractivity contribution in [3.05, 3.63) is 41.5 Å². The molecular weight excluding hydrogens is 312 g/mol. The summed E-state index contributed by atoms with van der Waals surface area (Å²) in [4.78, 5) is 9.24. The molecule has 25 heavy (non-hydrogen) atoms. The maximum absolute atomic E-state index is 10.2. The summed E-state index contributed by atoms with van der Waals surface area (Å²) < 4.78 is 1.91. The second-order valence-corrected chi connectivity index (χ2v) is 7.76. The number of aliphatic hydroxyl groups is 1. The Hall–Kier alpha value is -2.27. The molecule has 0 atom stereocenters. The molecule has 0 aliphatic carbocycles. The molecule has 3 aromatic heterocycles. The van der Waals surface area contributed by atoms with Gasteiger partial charge in [0.05, 0.1) is 12.8 Å². The highest BCUT2D eigenvalue weighted by Gasteiger charge is 2.22. The van der Waals surface area contributed by atoms with Gasteiger partial charge in [-0.25, -0.2) is 9.67 Å². The number of hydrogen-bond donors (Lipinski definition) is 1. The van der Waals surface area contributed by atoms with Gasteiger partial charge in [-0.3, -0.25) is 4.98 Å². The Bertz CT molecular complexity index is 906. The monoisotopic (exact) mass is 338 g/mol. The molecule has 0 aromatic carbocycles. The van der Waals surface area contributed by atoms with Crippen molar-refractivity contribution in [3.8, 4) is 11.1 Å². The first-order valence-electron chi connectivity index (χ1n) is 8.74. The van der Waals surface area contributed by atoms with Crippen LogP contribution in [0.15, 0.2) is 24.7 Å². The summed E-state index contributed by atoms with van der Waals surface area (Å²) in [7, 11) is 0. The fourth-order valence-corrected chi connectivity index (χ4v) is 3.25. The van der Waals surface area contributed by atoms with Crippen molar-refractivity contribution in [1.29, 1.82) is 0 Å². The van der Waals surface area contributed by atoms with Crippen molar-refractivity contribution in [3.63, 3.8) is 0 Å². The molecule has 0 radical (unpaired) electrons. The number of hydrogen-bond acceptors (Lipinski definition) is 4. The molecular formula is C20H26N4O. The van der Waals surface area contributed by atoms with Crippen LogP contribution in [0.3, 0.4) is 0 Å². The summed E-state index contributed by atoms with van der Waals surface area (Å²) in [6.07, 6.45) is 6.33. The van der Waals surface area contributed by atoms with Crippen molar-refractivity contribution in [1.82, 2.24) is 19.7 Å². The van der Waals surface area contributed by atoms with Gasteiger partial charge in [0.15, 0.2) is 5.65 Å². The van der Waals surface area contributed by atoms with Crippen molar-refractivity contribution in [2.75, 3.05) is 0 Å². The summed E-state index contributed by atoms with van der Waals surface area (Å²) in [6, 6.07) is 2.10. The molecule has 0 bridgehead atoms. The van der Waals surface area contributed by atoms with Crippen molar-refractivity contribution in [2.45, 2.75) is 54.2 Å². The Morgan fingerprint density at radius 3 is 2.52 bits per heavy atom. The van der Waals surface area contributed by atoms with Crippen LogP contribution in [0.4, 0.5) is 0 Å². The Kier molecular flexibility index (Phi) is 4.60. The van der Waals surface area contributed by atoms with E-state index in [1.807, 2.05) is 30.2 Å². The first-order chi connectivity index (χ1) is 11.8. The fraction of sp³-hybridized carbons (Fsp3) is 0.450. The molecule has 0 aliphatic heterocycles. The molecule has 5 nitrogen and oxygen atoms in total. The molecule has 0 amide bonds. The Labute approximate surface area is 148 Å². The smallest absolute Gasteiger partial charge is 0.158 e. The third-order valence-electron chi connectivity index (χ3n) is 4.29. The summed E-state index contributed by atoms with van der Waals surface area (Å²) in [6.45, 7) is 11.4. The maximum atomic E-state index is 10.2. The Balaban J connectivity index is 2.37. The van der Waals surface area contributed by atoms with Crippen LogP contribution in [-0.2, 0) is 19.6 Å². The van der Waals surface area contributed by atoms with E-state index in [1.54, 1.807) is 0 Å². The van der Waals surface area contributed by atoms with Gasteiger partial charge in [-0.2, -0.15) is 5.10 Å². The number of rotatable bonds is 4. The highest BCUT2D eigenvalue weighted by atomic mass is 16.3. The van der Waals surface area contributed by atoms with Crippen LogP contribution in [0, 0.1) is 12.3 Å². The van der Waals surface area contributed by atoms with E-state index in [-0.39, 0.29) is 12.0 Å². The second kappa shape index (κ2) is 6.56. The van der Waals surface area contributed by atoms with Crippen LogP contribution in [0.5, 0.6) is 0 Å². The van der Waals surface area contributed by atoms with Crippen LogP contribution in [0.25, 0.3) is 22.2 Å². The molecule has 3 rings (SSSR count). The van der Waals surface area contributed by atoms with Gasteiger partial charge < -0.3 is 5.11 Å². The van der Waals surface area contributed by atoms with Crippen LogP contribution in [0.1, 0.15) is 44.5 Å². The van der Waals surface area contributed by atoms with Crippen molar-refractivity contribution in [2.24, 2.45) is 5.41 Å². The van der Waals surface area contributed by atoms with Gasteiger partial charge in [0.25, 0.3) is 0 Å². The highest BCUT2D eigenvalue weighted by Crippen LogP contribution is 2.35. The van der Waals surface area contributed by atoms with Gasteiger partial charge in [0.1, 0.15) is 0 Å². The molecule has 3 aromatic rings. The zero-order valence-corrected chi connectivity index (χ0v) is 15.7. The average Bonchev–Trinajstić information content (AvgIpc) is 2.94. The van der Waals surface area contributed by atoms with E-state index in [0.29, 0.717) is 0 Å². The predicted octanol–water partition coefficient (Wildman–Crippen LogP) is 3.90. The number of fused-ring (bicyclic) bond motifs is 1. The standard InChI is InChI=1S/C20H26N4O/c1-6-24-19-15(11-22-24)18(14-7-13(2)9-21-10-14)16(12-25)17(23-19)8-20(3,4)5/h7,9-11,25H,6,8,12H2,1-5H3. The van der Waals surface area contributed by atoms with E-state index in [4.69, 9.17) is 4.98 Å². The summed E-state index contributed by atoms with van der Waals surface area (Å²) in [5, 5.41) is 15.6. The fourth-order valence-electron chi connectivity index (χ4n) is 3.25. The lowest BCUT2D eigenvalue weighted by molar-refractivity contribution is 0.278. The molecule has 1 N–H and O–H groups in total. The molecule has 3 heterocycles. The quantitative estimate of drug-likeness (QED) is 0.783. The van der Waals surface area contributed by atoms with E-state index in [0.717, 1.165) is 51.9 Å². The van der Waals surface area contributed by atoms with Crippen molar-refractivity contribution >= 4 is 11.0 Å². The maximum Gasteiger partial charge on any atom is 0.158 e. The zero-order chi connectivity index (χ0) is 18.2. The van der Waals surface area contributed by atoms with Crippen LogP contribution in [0.2, 0.25) is 0 Å². The van der Waals surface area contributed by atoms with Crippen LogP contribution >= 0.6 is 0 Å². The van der Waals surface area contributed by atoms with E-state index < -0.39 is 0 Å². The van der Waals surface area contributed by atoms with E-state index in [1.165, 1.54) is 0 Å². The molecule has 0 spiro atoms. The molecule has 0 aliphatic rings. The molecule has 0 unspecified atom stereocenters. The first kappa shape index (κ1) is 17.5. The highest BCUT2D eigenvalue weighted by molar-refractivity contribution is 5.94. The third-order valence-corrected chi connectivity index (χ3v) is 4.29. The lowest BCUT2D eigenvalue weighted by atomic mass is 9.86. The minimum absolute atomic E-state index is 0.0467. The zero-order valence-electron chi connectivity index (χ0n) is 15.7. The number of pyridine rings is 2. The van der Waals surface area contributed by atoms with Gasteiger partial charge in [-0.05, 0) is 37.3 Å². The van der Waals surface area contributed by atoms with Gasteiger partial charge in [-0.15, -0.1) is 0 Å². The van der Waals surface area contributed by atoms with Crippen LogP contribution in [-0.4, -0.2) is 24.9 Å². The Morgan fingerprint density at radius 2 is 1.92 bits per heavy atom. The second-order valence-electron chi connectivity index (χ2n) is 7.76. The number of aromatic nitrogens is 4. The van der Waals surface area contributed by atoms with Crippen LogP contribution < -0.4 is 0 Å². The normalized spacial score (nSPS) is 12.1. The van der Waals surface area contributed by atoms with E-state index in [9.17, 15) is 5.11 Å². The molecule has 0 saturated carbocycles. The Morgan fingerprint density at radius 1 is 1.16 bits per heavy atom. The largest absolute Gasteiger partial charge is 0.392 e. The molecule has 5 heteroatoms. The minimum Gasteiger partial charge on any atom is -0.392 e. The molecule has 0 saturated heterocycles. The van der Waals surface area contributed by atoms with Gasteiger partial charge in [-0.1, -0.05) is 20.8 Å². The topological polar surface area (TPSA) is 63.8 Å². The number of nitrogens with zero attached hydrogens (tertiary/aromatic N) is 4. The van der Waals surface area contributed by atoms with Gasteiger partial charge in [0, 0.05) is 46.7 Å². The van der Waals surface area contributed by atoms with Crippen molar-refractivity contribution < 1.29 is 5.11 Å². The molecule has 132 valence electrons. The van der Waals surface area contributed by atoms with Gasteiger partial charge in [0.2, 0.25) is 0 Å². The third kappa shape index (κ3) is 3.42. The lowest BCUT2D eigenvalue weighted by Crippen LogP contribution is -2.14. The van der Waals surface area contributed by atoms with E-state index in [2.05, 4.69) is 43.8 Å². The predicted molar refractivity (Wildman–Crippen MR) is 100 cm³/mol. The summed E-state index contributed by atoms with van der Waals surface area (Å²) in [5.41, 5.74) is 5.86. The average molecular weight is 338 g/mol. The lowest BCUT2D eigenvalue weighted by Gasteiger charge is -2.21. The minimum atomic E-state index is -0.0467. The summed E-state index contributed by atoms with van der Waals surface area (Å²) in [5.74, 6) is 0. The van der Waals surface area contributed by atoms with Gasteiger partial charge >= 0.3 is 0 Å². The van der Waals surface area contributed by atoms with E-state index >= 15 is 0 Å². The molecule has 0 fully saturated rings. The number of aliphatic hydroxyl groups excluding tert-OH is 1. The summed E-state index contributed by atoms with van der Waals surface area (Å²) >= 11 is 0. The first-order valence-corrected chi connectivity index (χ1v) is 8.74. The number of aryl methyl sites for hydroxylation is 2.